The predicted molar refractivity (Wildman–Crippen MR) is 127 cm³/mol. The first-order valence-corrected chi connectivity index (χ1v) is 12.2. The normalized spacial score (nSPS) is 13.0. The molecule has 4 rings (SSSR count). The number of nitrogens with two attached hydrogens (primary N) is 1. The van der Waals surface area contributed by atoms with Crippen LogP contribution in [0.4, 0.5) is 0 Å². The number of esters is 1. The molecule has 1 atom stereocenters. The van der Waals surface area contributed by atoms with Crippen molar-refractivity contribution < 1.29 is 32.6 Å². The van der Waals surface area contributed by atoms with E-state index in [2.05, 4.69) is 10.0 Å². The van der Waals surface area contributed by atoms with Crippen LogP contribution in [0.2, 0.25) is 0 Å². The Kier molecular flexibility index (Phi) is 9.91. The van der Waals surface area contributed by atoms with Crippen LogP contribution >= 0.6 is 0 Å². The Labute approximate surface area is 203 Å². The maximum atomic E-state index is 12.5. The number of amides is 1. The first kappa shape index (κ1) is 27.5. The quantitative estimate of drug-likeness (QED) is 0.181. The van der Waals surface area contributed by atoms with Crippen LogP contribution < -0.4 is 15.8 Å². The molecule has 0 saturated carbocycles. The molecule has 12 heteroatoms. The molecule has 0 aliphatic carbocycles. The van der Waals surface area contributed by atoms with Gasteiger partial charge in [-0.15, -0.1) is 0 Å². The molecule has 6 N–H and O–H groups in total. The lowest BCUT2D eigenvalue weighted by atomic mass is 10.2. The van der Waals surface area contributed by atoms with Crippen LogP contribution in [0, 0.1) is 5.41 Å². The van der Waals surface area contributed by atoms with Crippen LogP contribution in [0.15, 0.2) is 53.4 Å². The summed E-state index contributed by atoms with van der Waals surface area (Å²) in [6.07, 6.45) is 0.433. The second kappa shape index (κ2) is 12.6. The number of carboxylic acid groups (broad SMARTS) is 1. The summed E-state index contributed by atoms with van der Waals surface area (Å²) in [4.78, 5) is 33.8. The number of rotatable bonds is 10. The Morgan fingerprint density at radius 1 is 1.14 bits per heavy atom. The standard InChI is InChI=1S/C15H22N4O5S.C8H6O2/c1-2-10-5-3-4-6-12(10)25(23,24)19-11(15(21)22)9-18-14(20)8-7-13(16)17;9-8-7-3-1-6(2-4-7)5-10-8/h3-6,11,19H,2,7-9H2,1H3,(H3,16,17)(H,18,20)(H,21,22);1-4H,5H2. The van der Waals surface area contributed by atoms with Crippen LogP contribution in [-0.2, 0) is 37.4 Å². The zero-order chi connectivity index (χ0) is 26.0. The fraction of sp³-hybridized carbons (Fsp3) is 0.304. The fourth-order valence-corrected chi connectivity index (χ4v) is 4.51. The number of fused-ring (bicyclic) bond motifs is 4. The highest BCUT2D eigenvalue weighted by Gasteiger charge is 2.27. The number of hydrogen-bond acceptors (Lipinski definition) is 7. The number of hydrogen-bond donors (Lipinski definition) is 5. The van der Waals surface area contributed by atoms with Gasteiger partial charge in [0.05, 0.1) is 16.3 Å². The minimum Gasteiger partial charge on any atom is -0.480 e. The molecule has 0 saturated heterocycles. The maximum Gasteiger partial charge on any atom is 0.338 e. The number of ether oxygens (including phenoxy) is 1. The lowest BCUT2D eigenvalue weighted by Gasteiger charge is -2.17. The Balaban J connectivity index is 0.000000353. The Bertz CT molecular complexity index is 1180. The number of carbonyl (C=O) groups excluding carboxylic acids is 2. The second-order valence-corrected chi connectivity index (χ2v) is 9.26. The molecule has 2 heterocycles. The second-order valence-electron chi connectivity index (χ2n) is 7.58. The number of aryl methyl sites for hydroxylation is 1. The molecule has 0 fully saturated rings. The van der Waals surface area contributed by atoms with E-state index in [0.29, 0.717) is 24.2 Å². The Morgan fingerprint density at radius 2 is 1.80 bits per heavy atom. The summed E-state index contributed by atoms with van der Waals surface area (Å²) in [6.45, 7) is 1.78. The van der Waals surface area contributed by atoms with E-state index >= 15 is 0 Å². The van der Waals surface area contributed by atoms with E-state index in [1.54, 1.807) is 37.3 Å². The molecule has 188 valence electrons. The number of carbonyl (C=O) groups is 3. The molecule has 0 aromatic heterocycles. The molecular weight excluding hydrogens is 476 g/mol. The molecule has 0 radical (unpaired) electrons. The molecule has 1 amide bonds. The van der Waals surface area contributed by atoms with E-state index in [1.807, 2.05) is 12.1 Å². The van der Waals surface area contributed by atoms with Gasteiger partial charge in [-0.05, 0) is 35.7 Å². The van der Waals surface area contributed by atoms with Gasteiger partial charge in [-0.25, -0.2) is 13.2 Å². The van der Waals surface area contributed by atoms with Crippen LogP contribution in [0.3, 0.4) is 0 Å². The summed E-state index contributed by atoms with van der Waals surface area (Å²) in [5.41, 5.74) is 7.39. The summed E-state index contributed by atoms with van der Waals surface area (Å²) < 4.78 is 31.9. The van der Waals surface area contributed by atoms with Crippen LogP contribution in [0.1, 0.15) is 41.3 Å². The van der Waals surface area contributed by atoms with Gasteiger partial charge in [0.15, 0.2) is 0 Å². The fourth-order valence-electron chi connectivity index (χ4n) is 3.01. The molecule has 2 aromatic rings. The number of sulfonamides is 1. The number of nitrogens with one attached hydrogen (secondary N) is 3. The van der Waals surface area contributed by atoms with E-state index in [4.69, 9.17) is 15.9 Å². The highest BCUT2D eigenvalue weighted by Crippen LogP contribution is 2.16. The topological polar surface area (TPSA) is 189 Å². The molecule has 0 spiro atoms. The van der Waals surface area contributed by atoms with Gasteiger partial charge in [0, 0.05) is 19.4 Å². The van der Waals surface area contributed by atoms with Gasteiger partial charge in [0.1, 0.15) is 12.6 Å². The van der Waals surface area contributed by atoms with Gasteiger partial charge in [0.25, 0.3) is 0 Å². The Morgan fingerprint density at radius 3 is 2.40 bits per heavy atom. The summed E-state index contributed by atoms with van der Waals surface area (Å²) in [6, 6.07) is 12.1. The third-order valence-corrected chi connectivity index (χ3v) is 6.49. The maximum absolute atomic E-state index is 12.5. The molecule has 2 aliphatic heterocycles. The van der Waals surface area contributed by atoms with E-state index in [0.717, 1.165) is 5.56 Å². The number of benzene rings is 2. The molecule has 11 nitrogen and oxygen atoms in total. The van der Waals surface area contributed by atoms with E-state index < -0.39 is 34.5 Å². The van der Waals surface area contributed by atoms with Crippen LogP contribution in [0.5, 0.6) is 0 Å². The predicted octanol–water partition coefficient (Wildman–Crippen LogP) is 1.17. The average Bonchev–Trinajstić information content (AvgIpc) is 3.12. The number of aliphatic carboxylic acids is 1. The van der Waals surface area contributed by atoms with Crippen LogP contribution in [0.25, 0.3) is 0 Å². The zero-order valence-electron chi connectivity index (χ0n) is 19.1. The summed E-state index contributed by atoms with van der Waals surface area (Å²) >= 11 is 0. The molecule has 2 aromatic carbocycles. The Hall–Kier alpha value is -3.77. The van der Waals surface area contributed by atoms with Crippen molar-refractivity contribution in [3.63, 3.8) is 0 Å². The molecule has 2 aliphatic rings. The largest absolute Gasteiger partial charge is 0.480 e. The number of carboxylic acids is 1. The van der Waals surface area contributed by atoms with Crippen molar-refractivity contribution in [3.8, 4) is 0 Å². The highest BCUT2D eigenvalue weighted by molar-refractivity contribution is 7.89. The molecule has 1 unspecified atom stereocenters. The number of amidine groups is 1. The summed E-state index contributed by atoms with van der Waals surface area (Å²) in [5, 5.41) is 18.6. The van der Waals surface area contributed by atoms with Crippen molar-refractivity contribution in [2.75, 3.05) is 6.54 Å². The van der Waals surface area contributed by atoms with Crippen molar-refractivity contribution in [2.24, 2.45) is 5.73 Å². The third kappa shape index (κ3) is 8.50. The van der Waals surface area contributed by atoms with Gasteiger partial charge in [0.2, 0.25) is 15.9 Å². The smallest absolute Gasteiger partial charge is 0.338 e. The van der Waals surface area contributed by atoms with Gasteiger partial charge >= 0.3 is 11.9 Å². The van der Waals surface area contributed by atoms with Crippen LogP contribution in [-0.4, -0.2) is 49.8 Å². The van der Waals surface area contributed by atoms with Gasteiger partial charge in [-0.1, -0.05) is 37.3 Å². The van der Waals surface area contributed by atoms with Crippen molar-refractivity contribution in [1.29, 1.82) is 5.41 Å². The zero-order valence-corrected chi connectivity index (χ0v) is 19.9. The van der Waals surface area contributed by atoms with Crippen molar-refractivity contribution in [2.45, 2.75) is 43.7 Å². The summed E-state index contributed by atoms with van der Waals surface area (Å²) in [5.74, 6) is -2.32. The third-order valence-electron chi connectivity index (χ3n) is 4.92. The minimum absolute atomic E-state index is 0.00616. The monoisotopic (exact) mass is 504 g/mol. The van der Waals surface area contributed by atoms with Crippen molar-refractivity contribution in [1.82, 2.24) is 10.0 Å². The SMILES string of the molecule is CCc1ccccc1S(=O)(=O)NC(CNC(=O)CCC(=N)N)C(=O)O.O=C1OCc2ccc1cc2. The van der Waals surface area contributed by atoms with Crippen molar-refractivity contribution in [3.05, 3.63) is 65.2 Å². The lowest BCUT2D eigenvalue weighted by molar-refractivity contribution is -0.138. The van der Waals surface area contributed by atoms with Gasteiger partial charge in [-0.2, -0.15) is 4.72 Å². The first-order valence-electron chi connectivity index (χ1n) is 10.7. The van der Waals surface area contributed by atoms with E-state index in [9.17, 15) is 27.9 Å². The molecule has 2 bridgehead atoms. The molecule has 35 heavy (non-hydrogen) atoms. The minimum atomic E-state index is -4.06. The van der Waals surface area contributed by atoms with E-state index in [-0.39, 0.29) is 29.5 Å². The van der Waals surface area contributed by atoms with Gasteiger partial charge in [-0.3, -0.25) is 15.0 Å². The first-order chi connectivity index (χ1) is 16.5. The highest BCUT2D eigenvalue weighted by atomic mass is 32.2. The lowest BCUT2D eigenvalue weighted by Crippen LogP contribution is -2.48. The van der Waals surface area contributed by atoms with Gasteiger partial charge < -0.3 is 20.9 Å². The van der Waals surface area contributed by atoms with E-state index in [1.165, 1.54) is 6.07 Å². The summed E-state index contributed by atoms with van der Waals surface area (Å²) in [7, 11) is -4.06. The molecular formula is C23H28N4O7S. The average molecular weight is 505 g/mol. The van der Waals surface area contributed by atoms with Crippen molar-refractivity contribution >= 4 is 33.7 Å².